The number of halogens is 1. The number of amides is 1. The first-order chi connectivity index (χ1) is 11.6. The van der Waals surface area contributed by atoms with Crippen LogP contribution in [-0.2, 0) is 22.6 Å². The van der Waals surface area contributed by atoms with Crippen molar-refractivity contribution in [2.75, 3.05) is 6.54 Å². The zero-order chi connectivity index (χ0) is 17.1. The van der Waals surface area contributed by atoms with Crippen LogP contribution in [-0.4, -0.2) is 28.6 Å². The summed E-state index contributed by atoms with van der Waals surface area (Å²) in [5.74, 6) is -1.06. The van der Waals surface area contributed by atoms with E-state index in [0.717, 1.165) is 15.6 Å². The maximum Gasteiger partial charge on any atom is 0.411 e. The van der Waals surface area contributed by atoms with E-state index in [2.05, 4.69) is 15.9 Å². The van der Waals surface area contributed by atoms with Crippen LogP contribution in [0.15, 0.2) is 53.0 Å². The van der Waals surface area contributed by atoms with Crippen LogP contribution in [0.25, 0.3) is 0 Å². The predicted molar refractivity (Wildman–Crippen MR) is 91.6 cm³/mol. The lowest BCUT2D eigenvalue weighted by molar-refractivity contribution is -0.143. The zero-order valence-electron chi connectivity index (χ0n) is 12.8. The molecule has 1 atom stereocenters. The molecule has 2 aromatic rings. The Balaban J connectivity index is 1.78. The van der Waals surface area contributed by atoms with Gasteiger partial charge in [0.05, 0.1) is 0 Å². The molecule has 0 fully saturated rings. The number of aliphatic carboxylic acids is 1. The molecule has 1 amide bonds. The van der Waals surface area contributed by atoms with E-state index in [-0.39, 0.29) is 6.61 Å². The van der Waals surface area contributed by atoms with Gasteiger partial charge in [-0.2, -0.15) is 0 Å². The molecule has 0 radical (unpaired) electrons. The molecule has 5 nitrogen and oxygen atoms in total. The van der Waals surface area contributed by atoms with Gasteiger partial charge in [-0.3, -0.25) is 4.90 Å². The van der Waals surface area contributed by atoms with Gasteiger partial charge in [0, 0.05) is 11.0 Å². The summed E-state index contributed by atoms with van der Waals surface area (Å²) < 4.78 is 6.20. The van der Waals surface area contributed by atoms with E-state index in [9.17, 15) is 14.7 Å². The number of carboxylic acids is 1. The van der Waals surface area contributed by atoms with Gasteiger partial charge in [-0.15, -0.1) is 0 Å². The standard InChI is InChI=1S/C18H16BrNO4/c19-14-6-7-15-13(10-14)8-9-20(16(15)17(21)22)18(23)24-11-12-4-2-1-3-5-12/h1-7,10,16H,8-9,11H2,(H,21,22). The average molecular weight is 390 g/mol. The lowest BCUT2D eigenvalue weighted by Crippen LogP contribution is -2.43. The molecule has 1 N–H and O–H groups in total. The highest BCUT2D eigenvalue weighted by atomic mass is 79.9. The minimum Gasteiger partial charge on any atom is -0.479 e. The second-order valence-electron chi connectivity index (χ2n) is 5.57. The van der Waals surface area contributed by atoms with Gasteiger partial charge < -0.3 is 9.84 Å². The summed E-state index contributed by atoms with van der Waals surface area (Å²) in [6.07, 6.45) is -0.0151. The monoisotopic (exact) mass is 389 g/mol. The van der Waals surface area contributed by atoms with Crippen LogP contribution in [0.1, 0.15) is 22.7 Å². The topological polar surface area (TPSA) is 66.8 Å². The van der Waals surface area contributed by atoms with Crippen LogP contribution in [0.2, 0.25) is 0 Å². The summed E-state index contributed by atoms with van der Waals surface area (Å²) in [5.41, 5.74) is 2.43. The minimum atomic E-state index is -1.06. The Kier molecular flexibility index (Phi) is 4.85. The molecular formula is C18H16BrNO4. The van der Waals surface area contributed by atoms with Crippen molar-refractivity contribution in [3.8, 4) is 0 Å². The van der Waals surface area contributed by atoms with E-state index in [1.54, 1.807) is 12.1 Å². The van der Waals surface area contributed by atoms with Crippen molar-refractivity contribution in [2.45, 2.75) is 19.1 Å². The quantitative estimate of drug-likeness (QED) is 0.867. The van der Waals surface area contributed by atoms with Gasteiger partial charge in [-0.25, -0.2) is 9.59 Å². The number of hydrogen-bond acceptors (Lipinski definition) is 3. The van der Waals surface area contributed by atoms with Crippen molar-refractivity contribution in [3.05, 3.63) is 69.7 Å². The van der Waals surface area contributed by atoms with Crippen molar-refractivity contribution in [3.63, 3.8) is 0 Å². The van der Waals surface area contributed by atoms with Gasteiger partial charge in [0.1, 0.15) is 6.61 Å². The molecule has 1 unspecified atom stereocenters. The molecule has 1 aliphatic rings. The van der Waals surface area contributed by atoms with Crippen LogP contribution in [0, 0.1) is 0 Å². The summed E-state index contributed by atoms with van der Waals surface area (Å²) in [5, 5.41) is 9.60. The number of rotatable bonds is 3. The van der Waals surface area contributed by atoms with E-state index in [1.807, 2.05) is 36.4 Å². The van der Waals surface area contributed by atoms with E-state index in [1.165, 1.54) is 4.90 Å². The van der Waals surface area contributed by atoms with Crippen LogP contribution >= 0.6 is 15.9 Å². The maximum atomic E-state index is 12.4. The third-order valence-corrected chi connectivity index (χ3v) is 4.50. The molecule has 6 heteroatoms. The Bertz CT molecular complexity index is 763. The lowest BCUT2D eigenvalue weighted by atomic mass is 9.93. The lowest BCUT2D eigenvalue weighted by Gasteiger charge is -2.34. The highest BCUT2D eigenvalue weighted by Crippen LogP contribution is 2.32. The maximum absolute atomic E-state index is 12.4. The molecule has 2 aromatic carbocycles. The normalized spacial score (nSPS) is 16.4. The summed E-state index contributed by atoms with van der Waals surface area (Å²) in [7, 11) is 0. The molecule has 0 aliphatic carbocycles. The summed E-state index contributed by atoms with van der Waals surface area (Å²) in [4.78, 5) is 25.4. The number of fused-ring (bicyclic) bond motifs is 1. The minimum absolute atomic E-state index is 0.121. The zero-order valence-corrected chi connectivity index (χ0v) is 14.4. The molecule has 0 saturated heterocycles. The number of ether oxygens (including phenoxy) is 1. The van der Waals surface area contributed by atoms with E-state index >= 15 is 0 Å². The summed E-state index contributed by atoms with van der Waals surface area (Å²) >= 11 is 3.39. The average Bonchev–Trinajstić information content (AvgIpc) is 2.59. The molecule has 124 valence electrons. The van der Waals surface area contributed by atoms with Crippen molar-refractivity contribution >= 4 is 28.0 Å². The predicted octanol–water partition coefficient (Wildman–Crippen LogP) is 3.77. The number of carboxylic acid groups (broad SMARTS) is 1. The van der Waals surface area contributed by atoms with Crippen LogP contribution in [0.5, 0.6) is 0 Å². The largest absolute Gasteiger partial charge is 0.479 e. The third kappa shape index (κ3) is 3.43. The second kappa shape index (κ2) is 7.05. The summed E-state index contributed by atoms with van der Waals surface area (Å²) in [6, 6.07) is 13.7. The number of nitrogens with zero attached hydrogens (tertiary/aromatic N) is 1. The van der Waals surface area contributed by atoms with Gasteiger partial charge in [0.2, 0.25) is 0 Å². The Morgan fingerprint density at radius 3 is 2.67 bits per heavy atom. The molecule has 3 rings (SSSR count). The molecule has 24 heavy (non-hydrogen) atoms. The number of carbonyl (C=O) groups excluding carboxylic acids is 1. The highest BCUT2D eigenvalue weighted by molar-refractivity contribution is 9.10. The molecule has 1 aliphatic heterocycles. The Morgan fingerprint density at radius 2 is 1.96 bits per heavy atom. The number of benzene rings is 2. The van der Waals surface area contributed by atoms with Gasteiger partial charge in [0.15, 0.2) is 6.04 Å². The van der Waals surface area contributed by atoms with E-state index in [0.29, 0.717) is 18.5 Å². The van der Waals surface area contributed by atoms with E-state index in [4.69, 9.17) is 4.74 Å². The first-order valence-electron chi connectivity index (χ1n) is 7.54. The van der Waals surface area contributed by atoms with Crippen molar-refractivity contribution in [1.82, 2.24) is 4.90 Å². The summed E-state index contributed by atoms with van der Waals surface area (Å²) in [6.45, 7) is 0.434. The Hall–Kier alpha value is -2.34. The molecule has 0 spiro atoms. The molecular weight excluding hydrogens is 374 g/mol. The fourth-order valence-electron chi connectivity index (χ4n) is 2.86. The first-order valence-corrected chi connectivity index (χ1v) is 8.34. The van der Waals surface area contributed by atoms with Gasteiger partial charge in [-0.05, 0) is 35.2 Å². The Morgan fingerprint density at radius 1 is 1.21 bits per heavy atom. The number of hydrogen-bond donors (Lipinski definition) is 1. The van der Waals surface area contributed by atoms with Gasteiger partial charge in [-0.1, -0.05) is 52.3 Å². The van der Waals surface area contributed by atoms with E-state index < -0.39 is 18.1 Å². The van der Waals surface area contributed by atoms with Crippen molar-refractivity contribution < 1.29 is 19.4 Å². The highest BCUT2D eigenvalue weighted by Gasteiger charge is 2.36. The van der Waals surface area contributed by atoms with Crippen molar-refractivity contribution in [2.24, 2.45) is 0 Å². The molecule has 0 aromatic heterocycles. The van der Waals surface area contributed by atoms with Gasteiger partial charge in [0.25, 0.3) is 0 Å². The van der Waals surface area contributed by atoms with Crippen molar-refractivity contribution in [1.29, 1.82) is 0 Å². The van der Waals surface area contributed by atoms with Crippen LogP contribution in [0.3, 0.4) is 0 Å². The smallest absolute Gasteiger partial charge is 0.411 e. The number of carbonyl (C=O) groups is 2. The fourth-order valence-corrected chi connectivity index (χ4v) is 3.27. The third-order valence-electron chi connectivity index (χ3n) is 4.01. The fraction of sp³-hybridized carbons (Fsp3) is 0.222. The SMILES string of the molecule is O=C(O)C1c2ccc(Br)cc2CCN1C(=O)OCc1ccccc1. The molecule has 1 heterocycles. The molecule has 0 saturated carbocycles. The second-order valence-corrected chi connectivity index (χ2v) is 6.48. The Labute approximate surface area is 148 Å². The first kappa shape index (κ1) is 16.5. The van der Waals surface area contributed by atoms with Crippen LogP contribution < -0.4 is 0 Å². The van der Waals surface area contributed by atoms with Crippen LogP contribution in [0.4, 0.5) is 4.79 Å². The van der Waals surface area contributed by atoms with Gasteiger partial charge >= 0.3 is 12.1 Å². The molecule has 0 bridgehead atoms.